The maximum Gasteiger partial charge on any atom is 0.120 e. The number of nitrogens with one attached hydrogen (secondary N) is 1. The van der Waals surface area contributed by atoms with Crippen LogP contribution in [0.2, 0.25) is 10.0 Å². The lowest BCUT2D eigenvalue weighted by Crippen LogP contribution is -2.00. The van der Waals surface area contributed by atoms with E-state index in [-0.39, 0.29) is 5.75 Å². The zero-order valence-corrected chi connectivity index (χ0v) is 12.4. The molecular formula is C13H10BrCl2NO. The molecule has 0 spiro atoms. The van der Waals surface area contributed by atoms with Gasteiger partial charge in [-0.05, 0) is 36.4 Å². The van der Waals surface area contributed by atoms with Gasteiger partial charge in [0, 0.05) is 21.6 Å². The van der Waals surface area contributed by atoms with E-state index in [0.29, 0.717) is 16.6 Å². The molecule has 0 aromatic heterocycles. The number of phenols is 1. The Bertz CT molecular complexity index is 575. The Labute approximate surface area is 124 Å². The normalized spacial score (nSPS) is 10.4. The van der Waals surface area contributed by atoms with Crippen LogP contribution in [0.1, 0.15) is 5.56 Å². The van der Waals surface area contributed by atoms with Crippen molar-refractivity contribution in [2.24, 2.45) is 0 Å². The summed E-state index contributed by atoms with van der Waals surface area (Å²) < 4.78 is 0.920. The van der Waals surface area contributed by atoms with E-state index in [0.717, 1.165) is 15.7 Å². The summed E-state index contributed by atoms with van der Waals surface area (Å²) in [7, 11) is 0. The second kappa shape index (κ2) is 5.83. The van der Waals surface area contributed by atoms with Crippen LogP contribution >= 0.6 is 39.1 Å². The van der Waals surface area contributed by atoms with Crippen molar-refractivity contribution in [3.05, 3.63) is 56.5 Å². The number of phenolic OH excluding ortho intramolecular Hbond substituents is 1. The third-order valence-electron chi connectivity index (χ3n) is 2.44. The highest BCUT2D eigenvalue weighted by molar-refractivity contribution is 9.10. The number of halogens is 3. The standard InChI is InChI=1S/C13H10BrCl2NO/c14-9-1-3-12(11(16)6-9)17-7-8-5-10(15)2-4-13(8)18/h1-6,17-18H,7H2. The fourth-order valence-electron chi connectivity index (χ4n) is 1.52. The third-order valence-corrected chi connectivity index (χ3v) is 3.48. The van der Waals surface area contributed by atoms with Gasteiger partial charge in [-0.25, -0.2) is 0 Å². The number of aromatic hydroxyl groups is 1. The van der Waals surface area contributed by atoms with Gasteiger partial charge in [-0.3, -0.25) is 0 Å². The summed E-state index contributed by atoms with van der Waals surface area (Å²) in [5.74, 6) is 0.208. The van der Waals surface area contributed by atoms with Crippen LogP contribution in [0.15, 0.2) is 40.9 Å². The van der Waals surface area contributed by atoms with Gasteiger partial charge in [0.1, 0.15) is 5.75 Å². The van der Waals surface area contributed by atoms with E-state index in [9.17, 15) is 5.11 Å². The van der Waals surface area contributed by atoms with Gasteiger partial charge >= 0.3 is 0 Å². The molecular weight excluding hydrogens is 337 g/mol. The maximum absolute atomic E-state index is 9.69. The quantitative estimate of drug-likeness (QED) is 0.812. The van der Waals surface area contributed by atoms with E-state index in [1.54, 1.807) is 18.2 Å². The Balaban J connectivity index is 2.13. The van der Waals surface area contributed by atoms with Crippen molar-refractivity contribution in [3.8, 4) is 5.75 Å². The predicted molar refractivity (Wildman–Crippen MR) is 79.6 cm³/mol. The van der Waals surface area contributed by atoms with Crippen molar-refractivity contribution < 1.29 is 5.11 Å². The van der Waals surface area contributed by atoms with E-state index in [4.69, 9.17) is 23.2 Å². The number of rotatable bonds is 3. The van der Waals surface area contributed by atoms with Crippen LogP contribution in [0.25, 0.3) is 0 Å². The van der Waals surface area contributed by atoms with Gasteiger partial charge in [-0.15, -0.1) is 0 Å². The highest BCUT2D eigenvalue weighted by Gasteiger charge is 2.04. The van der Waals surface area contributed by atoms with Crippen molar-refractivity contribution in [1.82, 2.24) is 0 Å². The lowest BCUT2D eigenvalue weighted by molar-refractivity contribution is 0.469. The number of hydrogen-bond donors (Lipinski definition) is 2. The molecule has 18 heavy (non-hydrogen) atoms. The fourth-order valence-corrected chi connectivity index (χ4v) is 2.45. The van der Waals surface area contributed by atoms with E-state index in [2.05, 4.69) is 21.2 Å². The molecule has 94 valence electrons. The van der Waals surface area contributed by atoms with Crippen molar-refractivity contribution >= 4 is 44.8 Å². The van der Waals surface area contributed by atoms with Crippen molar-refractivity contribution in [2.45, 2.75) is 6.54 Å². The first kappa shape index (κ1) is 13.5. The Morgan fingerprint density at radius 1 is 1.11 bits per heavy atom. The summed E-state index contributed by atoms with van der Waals surface area (Å²) >= 11 is 15.3. The van der Waals surface area contributed by atoms with Crippen molar-refractivity contribution in [1.29, 1.82) is 0 Å². The third kappa shape index (κ3) is 3.31. The monoisotopic (exact) mass is 345 g/mol. The molecule has 5 heteroatoms. The fraction of sp³-hybridized carbons (Fsp3) is 0.0769. The van der Waals surface area contributed by atoms with Crippen LogP contribution in [-0.4, -0.2) is 5.11 Å². The maximum atomic E-state index is 9.69. The highest BCUT2D eigenvalue weighted by Crippen LogP contribution is 2.27. The summed E-state index contributed by atoms with van der Waals surface area (Å²) in [6.07, 6.45) is 0. The minimum absolute atomic E-state index is 0.208. The zero-order valence-electron chi connectivity index (χ0n) is 9.25. The van der Waals surface area contributed by atoms with Crippen LogP contribution in [0, 0.1) is 0 Å². The van der Waals surface area contributed by atoms with Crippen LogP contribution in [-0.2, 0) is 6.54 Å². The minimum Gasteiger partial charge on any atom is -0.508 e. The second-order valence-electron chi connectivity index (χ2n) is 3.75. The molecule has 0 unspecified atom stereocenters. The molecule has 2 aromatic rings. The molecule has 0 atom stereocenters. The van der Waals surface area contributed by atoms with Gasteiger partial charge in [0.05, 0.1) is 10.7 Å². The van der Waals surface area contributed by atoms with Crippen LogP contribution < -0.4 is 5.32 Å². The topological polar surface area (TPSA) is 32.3 Å². The summed E-state index contributed by atoms with van der Waals surface area (Å²) in [5.41, 5.74) is 1.53. The van der Waals surface area contributed by atoms with Gasteiger partial charge in [0.15, 0.2) is 0 Å². The predicted octanol–water partition coefficient (Wildman–Crippen LogP) is 5.07. The zero-order chi connectivity index (χ0) is 13.1. The molecule has 2 nitrogen and oxygen atoms in total. The highest BCUT2D eigenvalue weighted by atomic mass is 79.9. The van der Waals surface area contributed by atoms with Gasteiger partial charge in [-0.1, -0.05) is 39.1 Å². The first-order valence-corrected chi connectivity index (χ1v) is 6.77. The molecule has 0 amide bonds. The van der Waals surface area contributed by atoms with E-state index < -0.39 is 0 Å². The van der Waals surface area contributed by atoms with Gasteiger partial charge in [-0.2, -0.15) is 0 Å². The summed E-state index contributed by atoms with van der Waals surface area (Å²) in [6, 6.07) is 10.5. The molecule has 0 fully saturated rings. The van der Waals surface area contributed by atoms with Gasteiger partial charge in [0.2, 0.25) is 0 Å². The summed E-state index contributed by atoms with van der Waals surface area (Å²) in [6.45, 7) is 0.452. The minimum atomic E-state index is 0.208. The lowest BCUT2D eigenvalue weighted by Gasteiger charge is -2.10. The summed E-state index contributed by atoms with van der Waals surface area (Å²) in [5, 5.41) is 14.0. The van der Waals surface area contributed by atoms with Crippen molar-refractivity contribution in [3.63, 3.8) is 0 Å². The Hall–Kier alpha value is -0.900. The SMILES string of the molecule is Oc1ccc(Cl)cc1CNc1ccc(Br)cc1Cl. The molecule has 0 aliphatic heterocycles. The number of benzene rings is 2. The van der Waals surface area contributed by atoms with E-state index >= 15 is 0 Å². The molecule has 0 aliphatic rings. The first-order chi connectivity index (χ1) is 8.56. The lowest BCUT2D eigenvalue weighted by atomic mass is 10.2. The molecule has 0 heterocycles. The van der Waals surface area contributed by atoms with Crippen LogP contribution in [0.4, 0.5) is 5.69 Å². The van der Waals surface area contributed by atoms with Crippen LogP contribution in [0.3, 0.4) is 0 Å². The van der Waals surface area contributed by atoms with E-state index in [1.165, 1.54) is 0 Å². The molecule has 0 aliphatic carbocycles. The average Bonchev–Trinajstić information content (AvgIpc) is 2.32. The van der Waals surface area contributed by atoms with Crippen LogP contribution in [0.5, 0.6) is 5.75 Å². The Kier molecular flexibility index (Phi) is 4.38. The molecule has 2 N–H and O–H groups in total. The molecule has 0 radical (unpaired) electrons. The smallest absolute Gasteiger partial charge is 0.120 e. The second-order valence-corrected chi connectivity index (χ2v) is 5.51. The van der Waals surface area contributed by atoms with E-state index in [1.807, 2.05) is 18.2 Å². The van der Waals surface area contributed by atoms with Crippen molar-refractivity contribution in [2.75, 3.05) is 5.32 Å². The Morgan fingerprint density at radius 2 is 1.89 bits per heavy atom. The molecule has 2 aromatic carbocycles. The average molecular weight is 347 g/mol. The van der Waals surface area contributed by atoms with Gasteiger partial charge < -0.3 is 10.4 Å². The molecule has 2 rings (SSSR count). The summed E-state index contributed by atoms with van der Waals surface area (Å²) in [4.78, 5) is 0. The Morgan fingerprint density at radius 3 is 2.61 bits per heavy atom. The molecule has 0 bridgehead atoms. The molecule has 0 saturated carbocycles. The number of anilines is 1. The molecule has 0 saturated heterocycles. The van der Waals surface area contributed by atoms with Gasteiger partial charge in [0.25, 0.3) is 0 Å². The largest absolute Gasteiger partial charge is 0.508 e. The number of hydrogen-bond acceptors (Lipinski definition) is 2. The first-order valence-electron chi connectivity index (χ1n) is 5.22.